The molecule has 0 N–H and O–H groups in total. The summed E-state index contributed by atoms with van der Waals surface area (Å²) in [5.41, 5.74) is 0. The first kappa shape index (κ1) is 15.6. The summed E-state index contributed by atoms with van der Waals surface area (Å²) < 4.78 is 8.33. The molecule has 1 nitrogen and oxygen atoms in total. The number of hydrogen-bond acceptors (Lipinski definition) is 1. The van der Waals surface area contributed by atoms with Crippen LogP contribution < -0.4 is 0 Å². The van der Waals surface area contributed by atoms with Crippen LogP contribution in [0, 0.1) is 0 Å². The molecule has 4 heavy (non-hydrogen) atoms. The topological polar surface area (TPSA) is 17.1 Å². The van der Waals surface area contributed by atoms with Crippen molar-refractivity contribution >= 4 is 100 Å². The molecule has 0 spiro atoms. The maximum atomic E-state index is 8.33. The van der Waals surface area contributed by atoms with Gasteiger partial charge in [0, 0.05) is 0 Å². The van der Waals surface area contributed by atoms with Gasteiger partial charge < -0.3 is 0 Å². The van der Waals surface area contributed by atoms with Gasteiger partial charge in [-0.05, 0) is 0 Å². The fourth-order valence-corrected chi connectivity index (χ4v) is 0. The Morgan fingerprint density at radius 1 is 1.25 bits per heavy atom. The Kier molecular flexibility index (Phi) is 62.2. The summed E-state index contributed by atoms with van der Waals surface area (Å²) in [5.74, 6) is 0. The molecule has 4 heteroatoms. The molecule has 0 bridgehead atoms. The van der Waals surface area contributed by atoms with Gasteiger partial charge in [-0.25, -0.2) is 0 Å². The summed E-state index contributed by atoms with van der Waals surface area (Å²) in [6.07, 6.45) is 0. The first-order valence-electron chi connectivity index (χ1n) is 0.167. The van der Waals surface area contributed by atoms with E-state index in [0.29, 0.717) is 19.8 Å². The van der Waals surface area contributed by atoms with Crippen molar-refractivity contribution in [3.05, 3.63) is 0 Å². The average Bonchev–Trinajstić information content (AvgIpc) is 1.00. The van der Waals surface area contributed by atoms with Gasteiger partial charge in [-0.15, -0.1) is 0 Å². The van der Waals surface area contributed by atoms with Crippen molar-refractivity contribution in [3.8, 4) is 0 Å². The first-order valence-corrected chi connectivity index (χ1v) is 1.36. The van der Waals surface area contributed by atoms with E-state index < -0.39 is 0 Å². The average molecular weight is 379 g/mol. The molecule has 0 aromatic heterocycles. The molecular formula is H3BaKOW. The molecule has 0 heterocycles. The Labute approximate surface area is 119 Å². The fraction of sp³-hybridized carbons (Fsp3) is 0. The summed E-state index contributed by atoms with van der Waals surface area (Å²) in [4.78, 5) is 0. The van der Waals surface area contributed by atoms with E-state index in [9.17, 15) is 0 Å². The van der Waals surface area contributed by atoms with Gasteiger partial charge in [0.2, 0.25) is 0 Å². The number of hydrogen-bond donors (Lipinski definition) is 0. The van der Waals surface area contributed by atoms with Crippen molar-refractivity contribution in [3.63, 3.8) is 0 Å². The molecule has 0 fully saturated rings. The minimum atomic E-state index is 0. The van der Waals surface area contributed by atoms with Crippen molar-refractivity contribution < 1.29 is 23.2 Å². The van der Waals surface area contributed by atoms with Crippen LogP contribution >= 0.6 is 0 Å². The van der Waals surface area contributed by atoms with Crippen LogP contribution in [-0.4, -0.2) is 100 Å². The van der Waals surface area contributed by atoms with Crippen LogP contribution in [0.3, 0.4) is 0 Å². The third-order valence-corrected chi connectivity index (χ3v) is 0. The zero-order chi connectivity index (χ0) is 2.00. The molecule has 0 aliphatic carbocycles. The van der Waals surface area contributed by atoms with E-state index in [-0.39, 0.29) is 100 Å². The van der Waals surface area contributed by atoms with Crippen molar-refractivity contribution in [1.29, 1.82) is 0 Å². The molecule has 0 rings (SSSR count). The van der Waals surface area contributed by atoms with Gasteiger partial charge in [0.1, 0.15) is 0 Å². The van der Waals surface area contributed by atoms with Crippen molar-refractivity contribution in [2.45, 2.75) is 0 Å². The third-order valence-electron chi connectivity index (χ3n) is 0. The molecule has 18 valence electrons. The van der Waals surface area contributed by atoms with Crippen LogP contribution in [0.2, 0.25) is 0 Å². The van der Waals surface area contributed by atoms with Crippen molar-refractivity contribution in [2.24, 2.45) is 0 Å². The van der Waals surface area contributed by atoms with E-state index >= 15 is 0 Å². The van der Waals surface area contributed by atoms with Gasteiger partial charge in [0.25, 0.3) is 0 Å². The van der Waals surface area contributed by atoms with Gasteiger partial charge in [-0.1, -0.05) is 0 Å². The second-order valence-corrected chi connectivity index (χ2v) is 0. The summed E-state index contributed by atoms with van der Waals surface area (Å²) in [7, 11) is 0. The van der Waals surface area contributed by atoms with E-state index in [0.717, 1.165) is 0 Å². The SMILES string of the molecule is [BaH2].[KH].[O]=[W]. The molecule has 0 saturated carbocycles. The molecule has 0 amide bonds. The standard InChI is InChI=1S/Ba.K.O.W.3H. The Bertz CT molecular complexity index is 8.00. The van der Waals surface area contributed by atoms with Crippen LogP contribution in [0.5, 0.6) is 0 Å². The summed E-state index contributed by atoms with van der Waals surface area (Å²) >= 11 is 0.333. The van der Waals surface area contributed by atoms with E-state index in [4.69, 9.17) is 3.40 Å². The molecule has 0 atom stereocenters. The maximum absolute atomic E-state index is 8.33. The van der Waals surface area contributed by atoms with E-state index in [1.54, 1.807) is 0 Å². The number of rotatable bonds is 0. The minimum absolute atomic E-state index is 0. The summed E-state index contributed by atoms with van der Waals surface area (Å²) in [6, 6.07) is 0. The van der Waals surface area contributed by atoms with Crippen LogP contribution in [0.1, 0.15) is 0 Å². The zero-order valence-electron chi connectivity index (χ0n) is 0.816. The molecule has 0 aliphatic heterocycles. The zero-order valence-corrected chi connectivity index (χ0v) is 3.75. The first-order chi connectivity index (χ1) is 1.00. The Morgan fingerprint density at radius 2 is 1.25 bits per heavy atom. The van der Waals surface area contributed by atoms with E-state index in [1.165, 1.54) is 0 Å². The van der Waals surface area contributed by atoms with Crippen LogP contribution in [0.15, 0.2) is 0 Å². The van der Waals surface area contributed by atoms with Crippen molar-refractivity contribution in [1.82, 2.24) is 0 Å². The molecule has 0 saturated heterocycles. The van der Waals surface area contributed by atoms with Crippen LogP contribution in [0.4, 0.5) is 0 Å². The van der Waals surface area contributed by atoms with E-state index in [2.05, 4.69) is 0 Å². The molecule has 0 unspecified atom stereocenters. The van der Waals surface area contributed by atoms with Gasteiger partial charge in [0.15, 0.2) is 0 Å². The molecular weight excluding hydrogens is 376 g/mol. The third kappa shape index (κ3) is 9.20. The normalized spacial score (nSPS) is 1.00. The van der Waals surface area contributed by atoms with E-state index in [1.807, 2.05) is 0 Å². The van der Waals surface area contributed by atoms with Crippen LogP contribution in [-0.2, 0) is 23.2 Å². The fourth-order valence-electron chi connectivity index (χ4n) is 0. The van der Waals surface area contributed by atoms with Crippen LogP contribution in [0.25, 0.3) is 0 Å². The summed E-state index contributed by atoms with van der Waals surface area (Å²) in [6.45, 7) is 0. The van der Waals surface area contributed by atoms with Gasteiger partial charge in [0.05, 0.1) is 0 Å². The second-order valence-electron chi connectivity index (χ2n) is 0. The van der Waals surface area contributed by atoms with Crippen molar-refractivity contribution in [2.75, 3.05) is 0 Å². The Hall–Kier alpha value is 3.70. The van der Waals surface area contributed by atoms with Gasteiger partial charge in [-0.3, -0.25) is 0 Å². The predicted octanol–water partition coefficient (Wildman–Crippen LogP) is -1.69. The predicted molar refractivity (Wildman–Crippen MR) is 16.4 cm³/mol. The Morgan fingerprint density at radius 3 is 1.25 bits per heavy atom. The molecule has 0 aliphatic rings. The Balaban J connectivity index is -0.00000000500. The van der Waals surface area contributed by atoms with Gasteiger partial charge in [-0.2, -0.15) is 0 Å². The quantitative estimate of drug-likeness (QED) is 0.460. The second kappa shape index (κ2) is 15.9. The monoisotopic (exact) mass is 380 g/mol. The molecule has 0 radical (unpaired) electrons. The molecule has 0 aromatic rings. The molecule has 0 aromatic carbocycles. The van der Waals surface area contributed by atoms with Gasteiger partial charge >= 0.3 is 123 Å². The summed E-state index contributed by atoms with van der Waals surface area (Å²) in [5, 5.41) is 0.